The van der Waals surface area contributed by atoms with Gasteiger partial charge in [0.2, 0.25) is 0 Å². The van der Waals surface area contributed by atoms with Crippen LogP contribution in [0.1, 0.15) is 117 Å². The van der Waals surface area contributed by atoms with Crippen molar-refractivity contribution in [3.63, 3.8) is 0 Å². The summed E-state index contributed by atoms with van der Waals surface area (Å²) in [5, 5.41) is 19.8. The van der Waals surface area contributed by atoms with E-state index in [1.165, 1.54) is 12.8 Å². The molecule has 0 spiro atoms. The third-order valence-corrected chi connectivity index (χ3v) is 62.2. The number of carboxylic acid groups (broad SMARTS) is 2. The predicted octanol–water partition coefficient (Wildman–Crippen LogP) is 18.1. The number of carbonyl (C=O) groups excluding carboxylic acids is 2. The molecule has 0 bridgehead atoms. The zero-order valence-electron chi connectivity index (χ0n) is 62.1. The lowest BCUT2D eigenvalue weighted by atomic mass is 10.0. The van der Waals surface area contributed by atoms with Gasteiger partial charge in [-0.25, -0.2) is 0 Å². The molecular weight excluding hydrogens is 1350 g/mol. The van der Waals surface area contributed by atoms with Crippen LogP contribution < -0.4 is 0 Å². The van der Waals surface area contributed by atoms with Crippen molar-refractivity contribution in [2.45, 2.75) is 323 Å². The number of ether oxygens (including phenoxy) is 2. The minimum absolute atomic E-state index is 0.156. The number of carboxylic acids is 2. The van der Waals surface area contributed by atoms with Gasteiger partial charge in [-0.1, -0.05) is 78.1 Å². The summed E-state index contributed by atoms with van der Waals surface area (Å²) in [4.78, 5) is 51.5. The molecule has 0 radical (unpaired) electrons. The molecule has 0 heterocycles. The maximum Gasteiger partial charge on any atom is 0.315 e. The fraction of sp³-hybridized carbons (Fsp3) is 0.931. The van der Waals surface area contributed by atoms with Crippen LogP contribution in [0.5, 0.6) is 0 Å². The molecule has 89 heavy (non-hydrogen) atoms. The molecule has 0 fully saturated rings. The highest BCUT2D eigenvalue weighted by Crippen LogP contribution is 2.36. The highest BCUT2D eigenvalue weighted by molar-refractivity contribution is 6.92. The van der Waals surface area contributed by atoms with Gasteiger partial charge in [-0.2, -0.15) is 0 Å². The number of rotatable bonds is 52. The summed E-state index contributed by atoms with van der Waals surface area (Å²) in [6.07, 6.45) is 11.4. The van der Waals surface area contributed by atoms with Gasteiger partial charge in [0, 0.05) is 0 Å². The van der Waals surface area contributed by atoms with E-state index in [2.05, 4.69) is 184 Å². The van der Waals surface area contributed by atoms with Crippen molar-refractivity contribution < 1.29 is 80.0 Å². The first-order chi connectivity index (χ1) is 40.0. The molecule has 0 aromatic rings. The highest BCUT2D eigenvalue weighted by atomic mass is 28.5. The molecule has 0 saturated heterocycles. The summed E-state index contributed by atoms with van der Waals surface area (Å²) in [6.45, 7) is 60.6. The highest BCUT2D eigenvalue weighted by Gasteiger charge is 2.50. The average Bonchev–Trinajstić information content (AvgIpc) is 1.15. The molecule has 0 aromatic heterocycles. The Bertz CT molecular complexity index is 1960. The molecule has 0 aliphatic heterocycles. The van der Waals surface area contributed by atoms with E-state index in [4.69, 9.17) is 50.6 Å². The fourth-order valence-corrected chi connectivity index (χ4v) is 73.7. The fourth-order valence-electron chi connectivity index (χ4n) is 12.3. The Kier molecular flexibility index (Phi) is 38.6. The molecule has 31 heteroatoms. The molecule has 528 valence electrons. The van der Waals surface area contributed by atoms with Crippen LogP contribution in [0.3, 0.4) is 0 Å². The molecule has 0 aromatic carbocycles. The minimum Gasteiger partial charge on any atom is -0.481 e. The van der Waals surface area contributed by atoms with E-state index in [1.54, 1.807) is 0 Å². The van der Waals surface area contributed by atoms with Gasteiger partial charge in [-0.15, -0.1) is 0 Å². The Morgan fingerprint density at radius 3 is 0.787 bits per heavy atom. The third-order valence-electron chi connectivity index (χ3n) is 14.2. The number of carbonyl (C=O) groups is 4. The maximum absolute atomic E-state index is 13.6. The van der Waals surface area contributed by atoms with E-state index >= 15 is 0 Å². The maximum atomic E-state index is 13.6. The second kappa shape index (κ2) is 38.4. The first-order valence-corrected chi connectivity index (χ1v) is 72.2. The van der Waals surface area contributed by atoms with E-state index < -0.39 is 146 Å². The predicted molar refractivity (Wildman–Crippen MR) is 396 cm³/mol. The largest absolute Gasteiger partial charge is 0.481 e. The van der Waals surface area contributed by atoms with E-state index in [0.29, 0.717) is 62.7 Å². The second-order valence-corrected chi connectivity index (χ2v) is 84.8. The molecule has 0 rings (SSSR count). The van der Waals surface area contributed by atoms with Crippen LogP contribution in [0.25, 0.3) is 0 Å². The number of unbranched alkanes of at least 4 members (excludes halogenated alkanes) is 6. The van der Waals surface area contributed by atoms with Crippen LogP contribution in [-0.2, 0) is 69.8 Å². The Morgan fingerprint density at radius 2 is 0.551 bits per heavy atom. The van der Waals surface area contributed by atoms with Gasteiger partial charge < -0.3 is 60.8 Å². The van der Waals surface area contributed by atoms with Gasteiger partial charge in [-0.3, -0.25) is 19.2 Å². The molecule has 2 N–H and O–H groups in total. The molecule has 0 saturated carbocycles. The Balaban J connectivity index is 5.70. The average molecular weight is 1490 g/mol. The lowest BCUT2D eigenvalue weighted by molar-refractivity contribution is -0.153. The van der Waals surface area contributed by atoms with Crippen molar-refractivity contribution in [2.75, 3.05) is 13.2 Å². The minimum atomic E-state index is -2.88. The van der Waals surface area contributed by atoms with Gasteiger partial charge in [0.05, 0.1) is 37.9 Å². The summed E-state index contributed by atoms with van der Waals surface area (Å²) < 4.78 is 81.2. The van der Waals surface area contributed by atoms with Crippen molar-refractivity contribution in [1.82, 2.24) is 0 Å². The van der Waals surface area contributed by atoms with Gasteiger partial charge >= 0.3 is 83.8 Å². The quantitative estimate of drug-likeness (QED) is 0.0328. The van der Waals surface area contributed by atoms with Crippen molar-refractivity contribution in [1.29, 1.82) is 0 Å². The summed E-state index contributed by atoms with van der Waals surface area (Å²) >= 11 is 0. The molecule has 0 amide bonds. The SMILES string of the molecule is CCCCCC[Si](C)(O[Si](C)(C)C)O[Si](C)(C)O[Si](C)(CCCC(CC(=O)O)C(=O)OCCC[Si](C)(C)O[Si](C)(C)O[Si](C)(C)CCCOC(=O)C(CCC[Si](C)(O[Si](C)(C)C)O[Si](C)(C)O[Si](C)(CCCCCC)O[Si](C)(C)C)CC(=O)O)O[Si](C)(C)C. The lowest BCUT2D eigenvalue weighted by Crippen LogP contribution is -2.59. The third kappa shape index (κ3) is 45.4. The van der Waals surface area contributed by atoms with Crippen LogP contribution >= 0.6 is 0 Å². The summed E-state index contributed by atoms with van der Waals surface area (Å²) in [7, 11) is -31.9. The van der Waals surface area contributed by atoms with Crippen LogP contribution in [0, 0.1) is 11.8 Å². The summed E-state index contributed by atoms with van der Waals surface area (Å²) in [5.41, 5.74) is 0. The second-order valence-electron chi connectivity index (χ2n) is 32.3. The van der Waals surface area contributed by atoms with Crippen molar-refractivity contribution >= 4 is 134 Å². The van der Waals surface area contributed by atoms with E-state index in [1.807, 2.05) is 0 Å². The smallest absolute Gasteiger partial charge is 0.315 e. The standard InChI is InChI=1S/C58H136O18Si13/c1-29-31-33-35-47-86(25,67-77(3,4)5)73-84(21,22)75-88(27,69-79(9,10)11)49-37-41-53(51-55(59)60)57(63)65-43-39-45-81(15,16)71-83(19,20)72-82(17,18)46-40-44-66-58(64)54(52-56(61)62)42-38-50-89(28,70-80(12,13)14)76-85(23,24)74-87(26,68-78(6,7)8)48-36-34-32-30-2/h53-54H,29-52H2,1-28H3,(H,59,60)(H,61,62). The van der Waals surface area contributed by atoms with Crippen LogP contribution in [0.2, 0.25) is 206 Å². The Labute approximate surface area is 558 Å². The van der Waals surface area contributed by atoms with Crippen molar-refractivity contribution in [3.05, 3.63) is 0 Å². The number of esters is 2. The Hall–Kier alpha value is 0.299. The van der Waals surface area contributed by atoms with Crippen LogP contribution in [0.4, 0.5) is 0 Å². The molecule has 0 aliphatic rings. The molecule has 6 atom stereocenters. The van der Waals surface area contributed by atoms with Crippen molar-refractivity contribution in [3.8, 4) is 0 Å². The molecule has 18 nitrogen and oxygen atoms in total. The zero-order valence-corrected chi connectivity index (χ0v) is 75.1. The van der Waals surface area contributed by atoms with Crippen LogP contribution in [0.15, 0.2) is 0 Å². The van der Waals surface area contributed by atoms with Crippen LogP contribution in [-0.4, -0.2) is 157 Å². The van der Waals surface area contributed by atoms with E-state index in [9.17, 15) is 29.4 Å². The molecule has 6 unspecified atom stereocenters. The molecule has 0 aliphatic carbocycles. The summed E-state index contributed by atoms with van der Waals surface area (Å²) in [6, 6.07) is 4.43. The number of hydrogen-bond donors (Lipinski definition) is 2. The number of hydrogen-bond acceptors (Lipinski definition) is 16. The first kappa shape index (κ1) is 89.3. The normalized spacial score (nSPS) is 17.0. The monoisotopic (exact) mass is 1480 g/mol. The van der Waals surface area contributed by atoms with E-state index in [-0.39, 0.29) is 26.1 Å². The van der Waals surface area contributed by atoms with Gasteiger partial charge in [0.1, 0.15) is 0 Å². The zero-order chi connectivity index (χ0) is 69.4. The summed E-state index contributed by atoms with van der Waals surface area (Å²) in [5.74, 6) is -4.72. The van der Waals surface area contributed by atoms with Crippen molar-refractivity contribution in [2.24, 2.45) is 11.8 Å². The lowest BCUT2D eigenvalue weighted by Gasteiger charge is -2.44. The Morgan fingerprint density at radius 1 is 0.303 bits per heavy atom. The first-order valence-electron chi connectivity index (χ1n) is 33.8. The van der Waals surface area contributed by atoms with Gasteiger partial charge in [0.25, 0.3) is 0 Å². The van der Waals surface area contributed by atoms with Gasteiger partial charge in [-0.05, 0) is 232 Å². The number of aliphatic carboxylic acids is 2. The molecular formula is C58H136O18Si13. The van der Waals surface area contributed by atoms with E-state index in [0.717, 1.165) is 50.6 Å². The topological polar surface area (TPSA) is 219 Å². The van der Waals surface area contributed by atoms with Gasteiger partial charge in [0.15, 0.2) is 49.9 Å².